The van der Waals surface area contributed by atoms with Crippen LogP contribution in [-0.4, -0.2) is 35.6 Å². The van der Waals surface area contributed by atoms with E-state index in [2.05, 4.69) is 16.0 Å². The van der Waals surface area contributed by atoms with Gasteiger partial charge in [0.1, 0.15) is 0 Å². The van der Waals surface area contributed by atoms with Crippen LogP contribution in [-0.2, 0) is 0 Å². The average molecular weight is 297 g/mol. The molecule has 3 N–H and O–H groups in total. The highest BCUT2D eigenvalue weighted by atomic mass is 15.1. The van der Waals surface area contributed by atoms with Crippen LogP contribution >= 0.6 is 0 Å². The van der Waals surface area contributed by atoms with Crippen molar-refractivity contribution in [2.45, 2.75) is 31.7 Å². The van der Waals surface area contributed by atoms with E-state index in [1.807, 2.05) is 24.3 Å². The van der Waals surface area contributed by atoms with Gasteiger partial charge in [-0.05, 0) is 56.8 Å². The highest BCUT2D eigenvalue weighted by Crippen LogP contribution is 2.29. The van der Waals surface area contributed by atoms with E-state index >= 15 is 0 Å². The molecule has 1 saturated heterocycles. The average Bonchev–Trinajstić information content (AvgIpc) is 3.38. The first-order valence-corrected chi connectivity index (χ1v) is 8.36. The van der Waals surface area contributed by atoms with Crippen LogP contribution in [0.5, 0.6) is 0 Å². The lowest BCUT2D eigenvalue weighted by Crippen LogP contribution is -2.31. The third-order valence-corrected chi connectivity index (χ3v) is 4.51. The number of aromatic nitrogens is 2. The second-order valence-corrected chi connectivity index (χ2v) is 6.40. The van der Waals surface area contributed by atoms with Gasteiger partial charge in [0, 0.05) is 12.6 Å². The van der Waals surface area contributed by atoms with E-state index < -0.39 is 0 Å². The Morgan fingerprint density at radius 2 is 1.64 bits per heavy atom. The molecule has 2 fully saturated rings. The van der Waals surface area contributed by atoms with Crippen molar-refractivity contribution in [3.63, 3.8) is 0 Å². The third kappa shape index (κ3) is 3.14. The number of benzene rings is 1. The zero-order valence-corrected chi connectivity index (χ0v) is 12.8. The van der Waals surface area contributed by atoms with Gasteiger partial charge in [-0.25, -0.2) is 9.97 Å². The summed E-state index contributed by atoms with van der Waals surface area (Å²) in [5.41, 5.74) is 1.91. The van der Waals surface area contributed by atoms with E-state index in [9.17, 15) is 0 Å². The quantitative estimate of drug-likeness (QED) is 0.792. The van der Waals surface area contributed by atoms with Crippen molar-refractivity contribution in [1.29, 1.82) is 0 Å². The normalized spacial score (nSPS) is 19.3. The molecule has 1 aliphatic carbocycles. The number of fused-ring (bicyclic) bond motifs is 1. The molecule has 0 radical (unpaired) electrons. The lowest BCUT2D eigenvalue weighted by Gasteiger charge is -2.23. The predicted octanol–water partition coefficient (Wildman–Crippen LogP) is 2.62. The van der Waals surface area contributed by atoms with Crippen molar-refractivity contribution >= 4 is 22.7 Å². The summed E-state index contributed by atoms with van der Waals surface area (Å²) in [7, 11) is 0. The van der Waals surface area contributed by atoms with E-state index in [1.54, 1.807) is 0 Å². The van der Waals surface area contributed by atoms with E-state index in [0.717, 1.165) is 48.2 Å². The maximum Gasteiger partial charge on any atom is 0.169 e. The summed E-state index contributed by atoms with van der Waals surface area (Å²) in [5, 5.41) is 10.5. The van der Waals surface area contributed by atoms with Gasteiger partial charge in [-0.3, -0.25) is 0 Å². The molecule has 2 aliphatic rings. The van der Waals surface area contributed by atoms with Crippen molar-refractivity contribution in [3.8, 4) is 0 Å². The molecule has 1 aromatic heterocycles. The molecular formula is C17H23N5. The Hall–Kier alpha value is -1.88. The van der Waals surface area contributed by atoms with Crippen LogP contribution in [0.4, 0.5) is 11.6 Å². The monoisotopic (exact) mass is 297 g/mol. The molecular weight excluding hydrogens is 274 g/mol. The van der Waals surface area contributed by atoms with Crippen molar-refractivity contribution in [3.05, 3.63) is 24.3 Å². The van der Waals surface area contributed by atoms with Gasteiger partial charge in [0.05, 0.1) is 11.0 Å². The molecule has 0 amide bonds. The Morgan fingerprint density at radius 3 is 2.32 bits per heavy atom. The minimum atomic E-state index is 0.579. The lowest BCUT2D eigenvalue weighted by molar-refractivity contribution is 0.389. The SMILES string of the molecule is c1ccc2nc(NC3CC3)c(NCC3CCNCC3)nc2c1. The highest BCUT2D eigenvalue weighted by molar-refractivity contribution is 5.80. The Bertz CT molecular complexity index is 647. The fraction of sp³-hybridized carbons (Fsp3) is 0.529. The fourth-order valence-corrected chi connectivity index (χ4v) is 2.97. The van der Waals surface area contributed by atoms with E-state index in [0.29, 0.717) is 6.04 Å². The zero-order valence-electron chi connectivity index (χ0n) is 12.8. The van der Waals surface area contributed by atoms with Crippen LogP contribution in [0.25, 0.3) is 11.0 Å². The Kier molecular flexibility index (Phi) is 3.81. The van der Waals surface area contributed by atoms with E-state index in [1.165, 1.54) is 25.7 Å². The summed E-state index contributed by atoms with van der Waals surface area (Å²) in [6.45, 7) is 3.24. The topological polar surface area (TPSA) is 61.9 Å². The van der Waals surface area contributed by atoms with Gasteiger partial charge in [0.2, 0.25) is 0 Å². The Balaban J connectivity index is 1.55. The molecule has 2 aromatic rings. The van der Waals surface area contributed by atoms with Gasteiger partial charge >= 0.3 is 0 Å². The molecule has 0 bridgehead atoms. The smallest absolute Gasteiger partial charge is 0.169 e. The van der Waals surface area contributed by atoms with Gasteiger partial charge in [-0.15, -0.1) is 0 Å². The van der Waals surface area contributed by atoms with Crippen LogP contribution in [0.15, 0.2) is 24.3 Å². The number of nitrogens with one attached hydrogen (secondary N) is 3. The summed E-state index contributed by atoms with van der Waals surface area (Å²) in [4.78, 5) is 9.56. The second-order valence-electron chi connectivity index (χ2n) is 6.40. The number of hydrogen-bond acceptors (Lipinski definition) is 5. The Morgan fingerprint density at radius 1 is 0.955 bits per heavy atom. The first-order valence-electron chi connectivity index (χ1n) is 8.36. The summed E-state index contributed by atoms with van der Waals surface area (Å²) in [6, 6.07) is 8.66. The fourth-order valence-electron chi connectivity index (χ4n) is 2.97. The molecule has 1 saturated carbocycles. The number of anilines is 2. The van der Waals surface area contributed by atoms with Gasteiger partial charge in [-0.1, -0.05) is 12.1 Å². The summed E-state index contributed by atoms with van der Waals surface area (Å²) in [5.74, 6) is 2.54. The van der Waals surface area contributed by atoms with Crippen LogP contribution < -0.4 is 16.0 Å². The Labute approximate surface area is 130 Å². The van der Waals surface area contributed by atoms with Crippen LogP contribution in [0.1, 0.15) is 25.7 Å². The summed E-state index contributed by atoms with van der Waals surface area (Å²) >= 11 is 0. The number of nitrogens with zero attached hydrogens (tertiary/aromatic N) is 2. The lowest BCUT2D eigenvalue weighted by atomic mass is 9.98. The first kappa shape index (κ1) is 13.8. The molecule has 0 atom stereocenters. The maximum atomic E-state index is 4.79. The van der Waals surface area contributed by atoms with E-state index in [-0.39, 0.29) is 0 Å². The number of rotatable bonds is 5. The molecule has 1 aromatic carbocycles. The third-order valence-electron chi connectivity index (χ3n) is 4.51. The second kappa shape index (κ2) is 6.08. The molecule has 5 heteroatoms. The van der Waals surface area contributed by atoms with E-state index in [4.69, 9.17) is 9.97 Å². The molecule has 0 spiro atoms. The van der Waals surface area contributed by atoms with Crippen molar-refractivity contribution < 1.29 is 0 Å². The van der Waals surface area contributed by atoms with Crippen LogP contribution in [0.3, 0.4) is 0 Å². The minimum absolute atomic E-state index is 0.579. The van der Waals surface area contributed by atoms with Crippen LogP contribution in [0.2, 0.25) is 0 Å². The maximum absolute atomic E-state index is 4.79. The molecule has 4 rings (SSSR count). The molecule has 22 heavy (non-hydrogen) atoms. The number of piperidine rings is 1. The predicted molar refractivity (Wildman–Crippen MR) is 90.3 cm³/mol. The summed E-state index contributed by atoms with van der Waals surface area (Å²) in [6.07, 6.45) is 4.95. The molecule has 1 aliphatic heterocycles. The standard InChI is InChI=1S/C17H23N5/c1-2-4-15-14(3-1)21-16(17(22-15)20-13-5-6-13)19-11-12-7-9-18-10-8-12/h1-4,12-13,18H,5-11H2,(H,19,21)(H,20,22). The van der Waals surface area contributed by atoms with Gasteiger partial charge in [-0.2, -0.15) is 0 Å². The van der Waals surface area contributed by atoms with Crippen molar-refractivity contribution in [2.75, 3.05) is 30.3 Å². The number of hydrogen-bond donors (Lipinski definition) is 3. The van der Waals surface area contributed by atoms with Gasteiger partial charge in [0.15, 0.2) is 11.6 Å². The molecule has 116 valence electrons. The van der Waals surface area contributed by atoms with Gasteiger partial charge < -0.3 is 16.0 Å². The molecule has 0 unspecified atom stereocenters. The summed E-state index contributed by atoms with van der Waals surface area (Å²) < 4.78 is 0. The minimum Gasteiger partial charge on any atom is -0.367 e. The van der Waals surface area contributed by atoms with Crippen LogP contribution in [0, 0.1) is 5.92 Å². The molecule has 5 nitrogen and oxygen atoms in total. The van der Waals surface area contributed by atoms with Gasteiger partial charge in [0.25, 0.3) is 0 Å². The molecule has 2 heterocycles. The number of para-hydroxylation sites is 2. The first-order chi connectivity index (χ1) is 10.9. The van der Waals surface area contributed by atoms with Crippen molar-refractivity contribution in [2.24, 2.45) is 5.92 Å². The zero-order chi connectivity index (χ0) is 14.8. The highest BCUT2D eigenvalue weighted by Gasteiger charge is 2.23. The van der Waals surface area contributed by atoms with Crippen molar-refractivity contribution in [1.82, 2.24) is 15.3 Å². The largest absolute Gasteiger partial charge is 0.367 e.